The Labute approximate surface area is 174 Å². The lowest BCUT2D eigenvalue weighted by Crippen LogP contribution is -2.48. The number of aromatic carboxylic acids is 1. The van der Waals surface area contributed by atoms with Crippen molar-refractivity contribution in [2.45, 2.75) is 6.54 Å². The Morgan fingerprint density at radius 2 is 1.69 bits per heavy atom. The van der Waals surface area contributed by atoms with Crippen LogP contribution in [0.2, 0.25) is 5.02 Å². The second-order valence-corrected chi connectivity index (χ2v) is 7.24. The Hall–Kier alpha value is -2.74. The van der Waals surface area contributed by atoms with Gasteiger partial charge in [0.25, 0.3) is 5.91 Å². The molecule has 0 bridgehead atoms. The van der Waals surface area contributed by atoms with Gasteiger partial charge >= 0.3 is 5.97 Å². The molecule has 8 heteroatoms. The molecule has 0 saturated carbocycles. The lowest BCUT2D eigenvalue weighted by molar-refractivity contribution is -0.122. The molecule has 1 aliphatic rings. The van der Waals surface area contributed by atoms with Crippen LogP contribution in [-0.4, -0.2) is 65.7 Å². The van der Waals surface area contributed by atoms with Gasteiger partial charge in [-0.3, -0.25) is 14.6 Å². The maximum absolute atomic E-state index is 12.1. The molecule has 29 heavy (non-hydrogen) atoms. The number of carbonyl (C=O) groups is 2. The van der Waals surface area contributed by atoms with Crippen LogP contribution in [0.3, 0.4) is 0 Å². The average Bonchev–Trinajstić information content (AvgIpc) is 2.71. The first-order valence-electron chi connectivity index (χ1n) is 9.35. The number of hydrogen-bond acceptors (Lipinski definition) is 5. The minimum atomic E-state index is -1.03. The van der Waals surface area contributed by atoms with Crippen molar-refractivity contribution in [1.29, 1.82) is 0 Å². The SMILES string of the molecule is O=C(CN1CCN(Cc2ccccc2Cl)CC1)N/N=C\c1ccccc1C(=O)O. The third kappa shape index (κ3) is 6.12. The van der Waals surface area contributed by atoms with E-state index in [9.17, 15) is 9.59 Å². The first kappa shape index (κ1) is 21.0. The van der Waals surface area contributed by atoms with E-state index in [0.717, 1.165) is 43.3 Å². The topological polar surface area (TPSA) is 85.2 Å². The van der Waals surface area contributed by atoms with E-state index in [1.807, 2.05) is 24.3 Å². The number of rotatable bonds is 7. The molecule has 0 atom stereocenters. The third-order valence-corrected chi connectivity index (χ3v) is 5.14. The molecule has 0 unspecified atom stereocenters. The third-order valence-electron chi connectivity index (χ3n) is 4.77. The number of carboxylic acid groups (broad SMARTS) is 1. The van der Waals surface area contributed by atoms with Crippen LogP contribution in [0.5, 0.6) is 0 Å². The highest BCUT2D eigenvalue weighted by atomic mass is 35.5. The predicted molar refractivity (Wildman–Crippen MR) is 112 cm³/mol. The summed E-state index contributed by atoms with van der Waals surface area (Å²) in [4.78, 5) is 27.7. The Kier molecular flexibility index (Phi) is 7.35. The van der Waals surface area contributed by atoms with Gasteiger partial charge in [0.2, 0.25) is 0 Å². The fraction of sp³-hybridized carbons (Fsp3) is 0.286. The van der Waals surface area contributed by atoms with Crippen molar-refractivity contribution in [2.24, 2.45) is 5.10 Å². The number of piperazine rings is 1. The number of nitrogens with one attached hydrogen (secondary N) is 1. The largest absolute Gasteiger partial charge is 0.478 e. The molecule has 1 fully saturated rings. The van der Waals surface area contributed by atoms with E-state index in [0.29, 0.717) is 5.56 Å². The summed E-state index contributed by atoms with van der Waals surface area (Å²) in [6.45, 7) is 4.32. The number of amides is 1. The molecule has 2 aromatic carbocycles. The number of halogens is 1. The first-order chi connectivity index (χ1) is 14.0. The first-order valence-corrected chi connectivity index (χ1v) is 9.73. The van der Waals surface area contributed by atoms with E-state index < -0.39 is 5.97 Å². The van der Waals surface area contributed by atoms with Crippen LogP contribution >= 0.6 is 11.6 Å². The van der Waals surface area contributed by atoms with Crippen molar-refractivity contribution >= 4 is 29.7 Å². The molecule has 1 aliphatic heterocycles. The van der Waals surface area contributed by atoms with Gasteiger partial charge in [0.05, 0.1) is 18.3 Å². The van der Waals surface area contributed by atoms with Crippen LogP contribution in [0, 0.1) is 0 Å². The van der Waals surface area contributed by atoms with Gasteiger partial charge < -0.3 is 5.11 Å². The van der Waals surface area contributed by atoms with Gasteiger partial charge in [0.1, 0.15) is 0 Å². The highest BCUT2D eigenvalue weighted by Gasteiger charge is 2.19. The minimum absolute atomic E-state index is 0.139. The molecule has 152 valence electrons. The molecule has 1 saturated heterocycles. The zero-order chi connectivity index (χ0) is 20.6. The van der Waals surface area contributed by atoms with E-state index in [-0.39, 0.29) is 18.0 Å². The Morgan fingerprint density at radius 3 is 2.41 bits per heavy atom. The summed E-state index contributed by atoms with van der Waals surface area (Å²) in [5.74, 6) is -1.26. The highest BCUT2D eigenvalue weighted by Crippen LogP contribution is 2.17. The molecule has 0 aromatic heterocycles. The van der Waals surface area contributed by atoms with Crippen molar-refractivity contribution in [3.63, 3.8) is 0 Å². The van der Waals surface area contributed by atoms with Crippen molar-refractivity contribution in [3.05, 3.63) is 70.2 Å². The fourth-order valence-corrected chi connectivity index (χ4v) is 3.39. The van der Waals surface area contributed by atoms with Crippen LogP contribution in [-0.2, 0) is 11.3 Å². The van der Waals surface area contributed by atoms with Gasteiger partial charge in [0.15, 0.2) is 0 Å². The van der Waals surface area contributed by atoms with Crippen LogP contribution in [0.4, 0.5) is 0 Å². The maximum Gasteiger partial charge on any atom is 0.336 e. The van der Waals surface area contributed by atoms with E-state index in [2.05, 4.69) is 20.3 Å². The lowest BCUT2D eigenvalue weighted by Gasteiger charge is -2.34. The zero-order valence-electron chi connectivity index (χ0n) is 15.9. The summed E-state index contributed by atoms with van der Waals surface area (Å²) in [6.07, 6.45) is 1.35. The van der Waals surface area contributed by atoms with Crippen molar-refractivity contribution < 1.29 is 14.7 Å². The van der Waals surface area contributed by atoms with Crippen molar-refractivity contribution in [3.8, 4) is 0 Å². The number of hydrazone groups is 1. The molecular formula is C21H23ClN4O3. The van der Waals surface area contributed by atoms with Gasteiger partial charge in [0, 0.05) is 43.3 Å². The summed E-state index contributed by atoms with van der Waals surface area (Å²) in [5, 5.41) is 13.8. The van der Waals surface area contributed by atoms with Crippen LogP contribution in [0.15, 0.2) is 53.6 Å². The van der Waals surface area contributed by atoms with Crippen LogP contribution < -0.4 is 5.43 Å². The van der Waals surface area contributed by atoms with E-state index in [1.165, 1.54) is 12.3 Å². The standard InChI is InChI=1S/C21H23ClN4O3/c22-19-8-4-2-6-17(19)14-25-9-11-26(12-10-25)15-20(27)24-23-13-16-5-1-3-7-18(16)21(28)29/h1-8,13H,9-12,14-15H2,(H,24,27)(H,28,29)/b23-13-. The summed E-state index contributed by atoms with van der Waals surface area (Å²) in [5.41, 5.74) is 4.15. The normalized spacial score (nSPS) is 15.5. The molecule has 3 rings (SSSR count). The monoisotopic (exact) mass is 414 g/mol. The van der Waals surface area contributed by atoms with Gasteiger partial charge in [-0.05, 0) is 17.7 Å². The maximum atomic E-state index is 12.1. The summed E-state index contributed by atoms with van der Waals surface area (Å²) < 4.78 is 0. The van der Waals surface area contributed by atoms with E-state index in [1.54, 1.807) is 18.2 Å². The molecule has 7 nitrogen and oxygen atoms in total. The molecule has 1 heterocycles. The zero-order valence-corrected chi connectivity index (χ0v) is 16.7. The summed E-state index contributed by atoms with van der Waals surface area (Å²) in [6, 6.07) is 14.3. The van der Waals surface area contributed by atoms with Gasteiger partial charge in [-0.1, -0.05) is 48.0 Å². The molecule has 0 spiro atoms. The van der Waals surface area contributed by atoms with Crippen molar-refractivity contribution in [2.75, 3.05) is 32.7 Å². The highest BCUT2D eigenvalue weighted by molar-refractivity contribution is 6.31. The second kappa shape index (κ2) is 10.2. The molecule has 2 N–H and O–H groups in total. The number of carbonyl (C=O) groups excluding carboxylic acids is 1. The van der Waals surface area contributed by atoms with Crippen LogP contribution in [0.25, 0.3) is 0 Å². The Bertz CT molecular complexity index is 895. The number of benzene rings is 2. The number of hydrogen-bond donors (Lipinski definition) is 2. The molecular weight excluding hydrogens is 392 g/mol. The molecule has 2 aromatic rings. The second-order valence-electron chi connectivity index (χ2n) is 6.83. The van der Waals surface area contributed by atoms with Crippen molar-refractivity contribution in [1.82, 2.24) is 15.2 Å². The summed E-state index contributed by atoms with van der Waals surface area (Å²) >= 11 is 6.22. The number of carboxylic acids is 1. The molecule has 0 aliphatic carbocycles. The smallest absolute Gasteiger partial charge is 0.336 e. The molecule has 1 amide bonds. The Morgan fingerprint density at radius 1 is 1.03 bits per heavy atom. The number of nitrogens with zero attached hydrogens (tertiary/aromatic N) is 3. The average molecular weight is 415 g/mol. The van der Waals surface area contributed by atoms with Gasteiger partial charge in [-0.2, -0.15) is 5.10 Å². The van der Waals surface area contributed by atoms with E-state index in [4.69, 9.17) is 16.7 Å². The molecule has 0 radical (unpaired) electrons. The minimum Gasteiger partial charge on any atom is -0.478 e. The lowest BCUT2D eigenvalue weighted by atomic mass is 10.1. The predicted octanol–water partition coefficient (Wildman–Crippen LogP) is 2.31. The van der Waals surface area contributed by atoms with Crippen LogP contribution in [0.1, 0.15) is 21.5 Å². The fourth-order valence-electron chi connectivity index (χ4n) is 3.19. The van der Waals surface area contributed by atoms with E-state index >= 15 is 0 Å². The Balaban J connectivity index is 1.43. The summed E-state index contributed by atoms with van der Waals surface area (Å²) in [7, 11) is 0. The van der Waals surface area contributed by atoms with Gasteiger partial charge in [-0.25, -0.2) is 10.2 Å². The van der Waals surface area contributed by atoms with Gasteiger partial charge in [-0.15, -0.1) is 0 Å². The quantitative estimate of drug-likeness (QED) is 0.536.